The first kappa shape index (κ1) is 39.1. The smallest absolute Gasteiger partial charge is 0.462 e. The summed E-state index contributed by atoms with van der Waals surface area (Å²) >= 11 is 1.32. The molecule has 0 aromatic heterocycles. The van der Waals surface area contributed by atoms with Crippen molar-refractivity contribution in [2.45, 2.75) is 148 Å². The van der Waals surface area contributed by atoms with E-state index in [0.717, 1.165) is 50.7 Å². The molecular formula is C29H55O9PS. The fourth-order valence-corrected chi connectivity index (χ4v) is 5.20. The van der Waals surface area contributed by atoms with Crippen LogP contribution in [0.3, 0.4) is 0 Å². The van der Waals surface area contributed by atoms with Gasteiger partial charge in [0, 0.05) is 25.5 Å². The molecule has 0 aromatic rings. The number of unbranched alkanes of at least 4 members (excludes halogenated alkanes) is 16. The zero-order valence-electron chi connectivity index (χ0n) is 24.9. The molecule has 0 aliphatic carbocycles. The third kappa shape index (κ3) is 30.0. The number of thioether (sulfide) groups is 1. The van der Waals surface area contributed by atoms with Gasteiger partial charge in [0.15, 0.2) is 11.2 Å². The molecule has 0 aliphatic heterocycles. The van der Waals surface area contributed by atoms with Crippen molar-refractivity contribution < 1.29 is 42.7 Å². The van der Waals surface area contributed by atoms with Crippen LogP contribution in [0.4, 0.5) is 0 Å². The van der Waals surface area contributed by atoms with E-state index in [0.29, 0.717) is 12.8 Å². The molecule has 0 spiro atoms. The summed E-state index contributed by atoms with van der Waals surface area (Å²) in [6.07, 6.45) is 19.3. The standard InChI is InChI=1S/C29H55O9PS/c1-3-4-5-6-7-8-9-10-11-12-13-15-19-22-29(32)38-27(25-37-39(33,34)35)24-36-28(31)21-18-16-14-17-20-23-40-26(2)30/h27H,3-25H2,1-2H3,(H2,33,34,35)/t27-/m1/s1. The first-order chi connectivity index (χ1) is 19.1. The minimum absolute atomic E-state index is 0.123. The number of phosphoric acid groups is 1. The van der Waals surface area contributed by atoms with Crippen LogP contribution >= 0.6 is 19.6 Å². The Labute approximate surface area is 246 Å². The summed E-state index contributed by atoms with van der Waals surface area (Å²) in [6.45, 7) is 2.92. The van der Waals surface area contributed by atoms with Gasteiger partial charge in [0.1, 0.15) is 6.61 Å². The third-order valence-corrected chi connectivity index (χ3v) is 7.86. The Morgan fingerprint density at radius 3 is 1.60 bits per heavy atom. The second-order valence-electron chi connectivity index (χ2n) is 10.4. The van der Waals surface area contributed by atoms with Crippen LogP contribution in [0.5, 0.6) is 0 Å². The van der Waals surface area contributed by atoms with Crippen LogP contribution in [0.2, 0.25) is 0 Å². The highest BCUT2D eigenvalue weighted by Crippen LogP contribution is 2.35. The number of hydrogen-bond donors (Lipinski definition) is 2. The SMILES string of the molecule is CCCCCCCCCCCCCCCC(=O)O[C@H](COC(=O)CCCCCCCSC(C)=O)COP(=O)(O)O. The number of carbonyl (C=O) groups excluding carboxylic acids is 3. The fourth-order valence-electron chi connectivity index (χ4n) is 4.20. The van der Waals surface area contributed by atoms with Crippen molar-refractivity contribution in [3.05, 3.63) is 0 Å². The maximum atomic E-state index is 12.2. The van der Waals surface area contributed by atoms with Crippen LogP contribution in [0.25, 0.3) is 0 Å². The molecule has 11 heteroatoms. The van der Waals surface area contributed by atoms with Crippen molar-refractivity contribution in [3.8, 4) is 0 Å². The molecule has 0 heterocycles. The molecule has 236 valence electrons. The largest absolute Gasteiger partial charge is 0.469 e. The van der Waals surface area contributed by atoms with E-state index in [1.807, 2.05) is 0 Å². The van der Waals surface area contributed by atoms with Gasteiger partial charge in [-0.3, -0.25) is 18.9 Å². The molecule has 0 saturated heterocycles. The van der Waals surface area contributed by atoms with Gasteiger partial charge in [-0.1, -0.05) is 115 Å². The third-order valence-electron chi connectivity index (χ3n) is 6.47. The molecule has 0 radical (unpaired) electrons. The number of phosphoric ester groups is 1. The molecule has 0 unspecified atom stereocenters. The van der Waals surface area contributed by atoms with Gasteiger partial charge < -0.3 is 19.3 Å². The fraction of sp³-hybridized carbons (Fsp3) is 0.897. The summed E-state index contributed by atoms with van der Waals surface area (Å²) in [7, 11) is -4.75. The summed E-state index contributed by atoms with van der Waals surface area (Å²) in [5, 5.41) is 0.123. The van der Waals surface area contributed by atoms with Gasteiger partial charge in [0.2, 0.25) is 0 Å². The molecule has 0 fully saturated rings. The van der Waals surface area contributed by atoms with Gasteiger partial charge in [-0.25, -0.2) is 4.57 Å². The second kappa shape index (κ2) is 26.9. The Bertz CT molecular complexity index is 699. The Balaban J connectivity index is 4.02. The number of hydrogen-bond acceptors (Lipinski definition) is 8. The average molecular weight is 611 g/mol. The molecule has 0 bridgehead atoms. The second-order valence-corrected chi connectivity index (χ2v) is 12.9. The number of esters is 2. The number of rotatable bonds is 28. The Hall–Kier alpha value is -0.930. The van der Waals surface area contributed by atoms with Crippen LogP contribution in [-0.4, -0.2) is 51.9 Å². The van der Waals surface area contributed by atoms with Crippen LogP contribution in [0.15, 0.2) is 0 Å². The van der Waals surface area contributed by atoms with Gasteiger partial charge in [-0.2, -0.15) is 0 Å². The quantitative estimate of drug-likeness (QED) is 0.0516. The summed E-state index contributed by atoms with van der Waals surface area (Å²) in [4.78, 5) is 53.2. The molecule has 1 atom stereocenters. The van der Waals surface area contributed by atoms with Crippen molar-refractivity contribution in [2.24, 2.45) is 0 Å². The minimum atomic E-state index is -4.75. The molecule has 0 aromatic carbocycles. The Morgan fingerprint density at radius 2 is 1.12 bits per heavy atom. The molecule has 0 aliphatic rings. The van der Waals surface area contributed by atoms with Crippen LogP contribution in [-0.2, 0) is 32.9 Å². The Kier molecular flexibility index (Phi) is 26.3. The zero-order valence-corrected chi connectivity index (χ0v) is 26.7. The summed E-state index contributed by atoms with van der Waals surface area (Å²) in [5.41, 5.74) is 0. The van der Waals surface area contributed by atoms with Gasteiger partial charge in [-0.05, 0) is 19.3 Å². The molecule has 0 rings (SSSR count). The monoisotopic (exact) mass is 610 g/mol. The number of carbonyl (C=O) groups is 3. The lowest BCUT2D eigenvalue weighted by molar-refractivity contribution is -0.161. The summed E-state index contributed by atoms with van der Waals surface area (Å²) in [6, 6.07) is 0. The van der Waals surface area contributed by atoms with Gasteiger partial charge >= 0.3 is 19.8 Å². The molecule has 0 saturated carbocycles. The van der Waals surface area contributed by atoms with Crippen molar-refractivity contribution in [3.63, 3.8) is 0 Å². The highest BCUT2D eigenvalue weighted by Gasteiger charge is 2.22. The van der Waals surface area contributed by atoms with Gasteiger partial charge in [0.25, 0.3) is 0 Å². The number of ether oxygens (including phenoxy) is 2. The molecular weight excluding hydrogens is 555 g/mol. The predicted molar refractivity (Wildman–Crippen MR) is 160 cm³/mol. The van der Waals surface area contributed by atoms with Crippen LogP contribution < -0.4 is 0 Å². The van der Waals surface area contributed by atoms with E-state index in [9.17, 15) is 18.9 Å². The normalized spacial score (nSPS) is 12.3. The summed E-state index contributed by atoms with van der Waals surface area (Å²) in [5.74, 6) is -0.143. The Morgan fingerprint density at radius 1 is 0.675 bits per heavy atom. The maximum absolute atomic E-state index is 12.2. The molecule has 2 N–H and O–H groups in total. The van der Waals surface area contributed by atoms with E-state index < -0.39 is 32.5 Å². The highest BCUT2D eigenvalue weighted by atomic mass is 32.2. The van der Waals surface area contributed by atoms with Crippen molar-refractivity contribution in [1.29, 1.82) is 0 Å². The van der Waals surface area contributed by atoms with Crippen molar-refractivity contribution in [1.82, 2.24) is 0 Å². The summed E-state index contributed by atoms with van der Waals surface area (Å²) < 4.78 is 26.0. The van der Waals surface area contributed by atoms with Crippen molar-refractivity contribution in [2.75, 3.05) is 19.0 Å². The van der Waals surface area contributed by atoms with E-state index in [1.54, 1.807) is 6.92 Å². The molecule has 0 amide bonds. The lowest BCUT2D eigenvalue weighted by atomic mass is 10.0. The molecule has 40 heavy (non-hydrogen) atoms. The maximum Gasteiger partial charge on any atom is 0.469 e. The minimum Gasteiger partial charge on any atom is -0.462 e. The lowest BCUT2D eigenvalue weighted by Gasteiger charge is -2.18. The highest BCUT2D eigenvalue weighted by molar-refractivity contribution is 8.13. The zero-order chi connectivity index (χ0) is 29.9. The van der Waals surface area contributed by atoms with E-state index in [2.05, 4.69) is 11.4 Å². The first-order valence-corrected chi connectivity index (χ1v) is 17.8. The van der Waals surface area contributed by atoms with Crippen molar-refractivity contribution >= 4 is 36.6 Å². The van der Waals surface area contributed by atoms with Crippen LogP contribution in [0.1, 0.15) is 142 Å². The van der Waals surface area contributed by atoms with E-state index in [4.69, 9.17) is 19.3 Å². The van der Waals surface area contributed by atoms with E-state index in [-0.39, 0.29) is 24.6 Å². The first-order valence-electron chi connectivity index (χ1n) is 15.3. The molecule has 9 nitrogen and oxygen atoms in total. The van der Waals surface area contributed by atoms with Gasteiger partial charge in [0.05, 0.1) is 6.61 Å². The predicted octanol–water partition coefficient (Wildman–Crippen LogP) is 7.65. The lowest BCUT2D eigenvalue weighted by Crippen LogP contribution is -2.29. The van der Waals surface area contributed by atoms with E-state index in [1.165, 1.54) is 69.5 Å². The average Bonchev–Trinajstić information content (AvgIpc) is 2.89. The van der Waals surface area contributed by atoms with E-state index >= 15 is 0 Å². The van der Waals surface area contributed by atoms with Gasteiger partial charge in [-0.15, -0.1) is 0 Å². The van der Waals surface area contributed by atoms with Crippen LogP contribution in [0, 0.1) is 0 Å². The topological polar surface area (TPSA) is 136 Å².